The summed E-state index contributed by atoms with van der Waals surface area (Å²) in [5.74, 6) is 0.845. The second-order valence-electron chi connectivity index (χ2n) is 5.96. The fourth-order valence-corrected chi connectivity index (χ4v) is 2.30. The predicted molar refractivity (Wildman–Crippen MR) is 98.5 cm³/mol. The van der Waals surface area contributed by atoms with Crippen LogP contribution >= 0.6 is 0 Å². The zero-order valence-corrected chi connectivity index (χ0v) is 15.2. The number of anilines is 2. The molecule has 0 saturated carbocycles. The average molecular weight is 343 g/mol. The summed E-state index contributed by atoms with van der Waals surface area (Å²) in [7, 11) is 5.61. The van der Waals surface area contributed by atoms with E-state index in [0.717, 1.165) is 18.7 Å². The molecule has 0 saturated heterocycles. The first kappa shape index (κ1) is 18.7. The Hall–Kier alpha value is -2.67. The van der Waals surface area contributed by atoms with Gasteiger partial charge < -0.3 is 20.3 Å². The lowest BCUT2D eigenvalue weighted by atomic mass is 10.3. The predicted octanol–water partition coefficient (Wildman–Crippen LogP) is 2.22. The number of carbonyl (C=O) groups excluding carboxylic acids is 1. The van der Waals surface area contributed by atoms with E-state index in [9.17, 15) is 4.79 Å². The van der Waals surface area contributed by atoms with Gasteiger partial charge in [-0.3, -0.25) is 4.79 Å². The van der Waals surface area contributed by atoms with Crippen molar-refractivity contribution in [3.05, 3.63) is 41.7 Å². The molecule has 2 aromatic rings. The van der Waals surface area contributed by atoms with Gasteiger partial charge in [0.2, 0.25) is 5.95 Å². The molecule has 0 spiro atoms. The minimum atomic E-state index is -0.202. The molecule has 0 radical (unpaired) electrons. The fraction of sp³-hybridized carbons (Fsp3) is 0.389. The molecule has 0 atom stereocenters. The maximum atomic E-state index is 12.3. The van der Waals surface area contributed by atoms with Crippen LogP contribution in [0.5, 0.6) is 5.75 Å². The molecule has 0 aliphatic heterocycles. The summed E-state index contributed by atoms with van der Waals surface area (Å²) in [6, 6.07) is 9.16. The quantitative estimate of drug-likeness (QED) is 0.716. The Bertz CT molecular complexity index is 718. The number of amides is 1. The molecular formula is C18H25N5O2. The van der Waals surface area contributed by atoms with Crippen molar-refractivity contribution in [1.29, 1.82) is 0 Å². The van der Waals surface area contributed by atoms with Gasteiger partial charge in [0.15, 0.2) is 0 Å². The van der Waals surface area contributed by atoms with Crippen molar-refractivity contribution in [1.82, 2.24) is 20.2 Å². The van der Waals surface area contributed by atoms with Crippen molar-refractivity contribution in [2.24, 2.45) is 0 Å². The highest BCUT2D eigenvalue weighted by molar-refractivity contribution is 5.92. The Balaban J connectivity index is 2.08. The molecule has 0 fully saturated rings. The second-order valence-corrected chi connectivity index (χ2v) is 5.96. The van der Waals surface area contributed by atoms with Crippen molar-refractivity contribution in [2.45, 2.75) is 13.3 Å². The van der Waals surface area contributed by atoms with E-state index in [2.05, 4.69) is 25.5 Å². The average Bonchev–Trinajstić information content (AvgIpc) is 2.58. The number of para-hydroxylation sites is 2. The lowest BCUT2D eigenvalue weighted by molar-refractivity contribution is 0.0947. The zero-order chi connectivity index (χ0) is 18.2. The third-order valence-corrected chi connectivity index (χ3v) is 3.51. The Morgan fingerprint density at radius 1 is 1.24 bits per heavy atom. The van der Waals surface area contributed by atoms with Crippen LogP contribution in [0.3, 0.4) is 0 Å². The molecule has 25 heavy (non-hydrogen) atoms. The van der Waals surface area contributed by atoms with E-state index in [-0.39, 0.29) is 5.91 Å². The summed E-state index contributed by atoms with van der Waals surface area (Å²) < 4.78 is 5.31. The lowest BCUT2D eigenvalue weighted by Gasteiger charge is -2.12. The molecule has 1 amide bonds. The van der Waals surface area contributed by atoms with E-state index >= 15 is 0 Å². The fourth-order valence-electron chi connectivity index (χ4n) is 2.30. The molecule has 7 nitrogen and oxygen atoms in total. The van der Waals surface area contributed by atoms with Crippen LogP contribution in [0.25, 0.3) is 0 Å². The number of hydrogen-bond donors (Lipinski definition) is 2. The van der Waals surface area contributed by atoms with E-state index in [0.29, 0.717) is 29.6 Å². The van der Waals surface area contributed by atoms with Crippen LogP contribution in [0.4, 0.5) is 11.6 Å². The SMILES string of the molecule is COc1ccccc1Nc1nc(C)cc(C(=O)NCCCN(C)C)n1. The number of methoxy groups -OCH3 is 1. The summed E-state index contributed by atoms with van der Waals surface area (Å²) in [5, 5.41) is 5.99. The number of rotatable bonds is 8. The standard InChI is InChI=1S/C18H25N5O2/c1-13-12-15(17(24)19-10-7-11-23(2)3)22-18(20-13)21-14-8-5-6-9-16(14)25-4/h5-6,8-9,12H,7,10-11H2,1-4H3,(H,19,24)(H,20,21,22). The van der Waals surface area contributed by atoms with E-state index < -0.39 is 0 Å². The largest absolute Gasteiger partial charge is 0.495 e. The first-order chi connectivity index (χ1) is 12.0. The molecule has 0 aliphatic rings. The summed E-state index contributed by atoms with van der Waals surface area (Å²) >= 11 is 0. The normalized spacial score (nSPS) is 10.6. The molecule has 1 aromatic heterocycles. The van der Waals surface area contributed by atoms with Gasteiger partial charge in [0, 0.05) is 12.2 Å². The second kappa shape index (κ2) is 8.98. The lowest BCUT2D eigenvalue weighted by Crippen LogP contribution is -2.28. The molecule has 0 unspecified atom stereocenters. The van der Waals surface area contributed by atoms with Crippen molar-refractivity contribution in [2.75, 3.05) is 39.6 Å². The molecule has 0 bridgehead atoms. The molecule has 2 rings (SSSR count). The minimum absolute atomic E-state index is 0.202. The Morgan fingerprint density at radius 3 is 2.72 bits per heavy atom. The van der Waals surface area contributed by atoms with Gasteiger partial charge in [0.25, 0.3) is 5.91 Å². The number of aromatic nitrogens is 2. The van der Waals surface area contributed by atoms with Gasteiger partial charge in [0.05, 0.1) is 12.8 Å². The van der Waals surface area contributed by atoms with Crippen molar-refractivity contribution >= 4 is 17.5 Å². The van der Waals surface area contributed by atoms with Crippen molar-refractivity contribution in [3.8, 4) is 5.75 Å². The highest BCUT2D eigenvalue weighted by Crippen LogP contribution is 2.25. The van der Waals surface area contributed by atoms with Crippen LogP contribution in [0.1, 0.15) is 22.6 Å². The van der Waals surface area contributed by atoms with Crippen LogP contribution in [-0.2, 0) is 0 Å². The number of carbonyl (C=O) groups is 1. The van der Waals surface area contributed by atoms with E-state index in [1.165, 1.54) is 0 Å². The first-order valence-corrected chi connectivity index (χ1v) is 8.18. The van der Waals surface area contributed by atoms with E-state index in [4.69, 9.17) is 4.74 Å². The summed E-state index contributed by atoms with van der Waals surface area (Å²) in [6.07, 6.45) is 0.884. The Labute approximate surface area is 148 Å². The molecular weight excluding hydrogens is 318 g/mol. The summed E-state index contributed by atoms with van der Waals surface area (Å²) in [5.41, 5.74) is 1.80. The minimum Gasteiger partial charge on any atom is -0.495 e. The van der Waals surface area contributed by atoms with Gasteiger partial charge in [-0.15, -0.1) is 0 Å². The Kier molecular flexibility index (Phi) is 6.71. The molecule has 134 valence electrons. The summed E-state index contributed by atoms with van der Waals surface area (Å²) in [6.45, 7) is 3.36. The maximum Gasteiger partial charge on any atom is 0.270 e. The molecule has 2 N–H and O–H groups in total. The molecule has 1 aromatic carbocycles. The van der Waals surface area contributed by atoms with Crippen LogP contribution in [0, 0.1) is 6.92 Å². The third kappa shape index (κ3) is 5.72. The van der Waals surface area contributed by atoms with Crippen molar-refractivity contribution in [3.63, 3.8) is 0 Å². The highest BCUT2D eigenvalue weighted by atomic mass is 16.5. The molecule has 0 aliphatic carbocycles. The molecule has 7 heteroatoms. The number of benzene rings is 1. The third-order valence-electron chi connectivity index (χ3n) is 3.51. The monoisotopic (exact) mass is 343 g/mol. The van der Waals surface area contributed by atoms with E-state index in [1.54, 1.807) is 13.2 Å². The zero-order valence-electron chi connectivity index (χ0n) is 15.2. The van der Waals surface area contributed by atoms with Gasteiger partial charge in [-0.25, -0.2) is 9.97 Å². The number of nitrogens with one attached hydrogen (secondary N) is 2. The topological polar surface area (TPSA) is 79.4 Å². The maximum absolute atomic E-state index is 12.3. The number of aryl methyl sites for hydroxylation is 1. The smallest absolute Gasteiger partial charge is 0.270 e. The van der Waals surface area contributed by atoms with Gasteiger partial charge in [-0.2, -0.15) is 0 Å². The molecule has 1 heterocycles. The van der Waals surface area contributed by atoms with E-state index in [1.807, 2.05) is 45.3 Å². The highest BCUT2D eigenvalue weighted by Gasteiger charge is 2.11. The van der Waals surface area contributed by atoms with Crippen LogP contribution in [-0.4, -0.2) is 55.1 Å². The number of hydrogen-bond acceptors (Lipinski definition) is 6. The first-order valence-electron chi connectivity index (χ1n) is 8.18. The van der Waals surface area contributed by atoms with Crippen LogP contribution in [0.15, 0.2) is 30.3 Å². The summed E-state index contributed by atoms with van der Waals surface area (Å²) in [4.78, 5) is 23.0. The van der Waals surface area contributed by atoms with Crippen LogP contribution < -0.4 is 15.4 Å². The van der Waals surface area contributed by atoms with Gasteiger partial charge in [-0.1, -0.05) is 12.1 Å². The number of nitrogens with zero attached hydrogens (tertiary/aromatic N) is 3. The van der Waals surface area contributed by atoms with Gasteiger partial charge in [0.1, 0.15) is 11.4 Å². The number of ether oxygens (including phenoxy) is 1. The van der Waals surface area contributed by atoms with Crippen molar-refractivity contribution < 1.29 is 9.53 Å². The van der Waals surface area contributed by atoms with Gasteiger partial charge in [-0.05, 0) is 52.2 Å². The van der Waals surface area contributed by atoms with Crippen LogP contribution in [0.2, 0.25) is 0 Å². The Morgan fingerprint density at radius 2 is 2.00 bits per heavy atom. The van der Waals surface area contributed by atoms with Gasteiger partial charge >= 0.3 is 0 Å².